The lowest BCUT2D eigenvalue weighted by molar-refractivity contribution is 0.530. The summed E-state index contributed by atoms with van der Waals surface area (Å²) in [5.74, 6) is 0. The zero-order valence-electron chi connectivity index (χ0n) is 5.55. The van der Waals surface area contributed by atoms with Crippen LogP contribution in [0, 0.1) is 5.41 Å². The lowest BCUT2D eigenvalue weighted by Crippen LogP contribution is -2.18. The molecule has 0 spiro atoms. The summed E-state index contributed by atoms with van der Waals surface area (Å²) in [7, 11) is 1.96. The zero-order chi connectivity index (χ0) is 6.15. The van der Waals surface area contributed by atoms with Crippen LogP contribution in [0.3, 0.4) is 0 Å². The molecule has 1 unspecified atom stereocenters. The number of nitrogens with one attached hydrogen (secondary N) is 1. The summed E-state index contributed by atoms with van der Waals surface area (Å²) in [6.07, 6.45) is 0. The SMILES string of the molecule is CC1CN(C)C(=N)S1.I. The van der Waals surface area contributed by atoms with Crippen LogP contribution in [0.15, 0.2) is 0 Å². The summed E-state index contributed by atoms with van der Waals surface area (Å²) in [6.45, 7) is 3.17. The van der Waals surface area contributed by atoms with Gasteiger partial charge in [0.05, 0.1) is 0 Å². The smallest absolute Gasteiger partial charge is 0.156 e. The molecule has 1 N–H and O–H groups in total. The minimum atomic E-state index is 0. The second kappa shape index (κ2) is 3.65. The van der Waals surface area contributed by atoms with Gasteiger partial charge in [0.25, 0.3) is 0 Å². The van der Waals surface area contributed by atoms with Gasteiger partial charge < -0.3 is 4.90 Å². The highest BCUT2D eigenvalue weighted by Gasteiger charge is 2.19. The van der Waals surface area contributed by atoms with Crippen LogP contribution in [0.2, 0.25) is 0 Å². The van der Waals surface area contributed by atoms with E-state index in [0.717, 1.165) is 6.54 Å². The van der Waals surface area contributed by atoms with Gasteiger partial charge in [0, 0.05) is 18.8 Å². The molecule has 9 heavy (non-hydrogen) atoms. The van der Waals surface area contributed by atoms with E-state index in [4.69, 9.17) is 5.41 Å². The molecular formula is C5H11IN2S. The highest BCUT2D eigenvalue weighted by atomic mass is 127. The molecule has 0 radical (unpaired) electrons. The van der Waals surface area contributed by atoms with E-state index in [-0.39, 0.29) is 24.0 Å². The van der Waals surface area contributed by atoms with Crippen LogP contribution in [0.5, 0.6) is 0 Å². The van der Waals surface area contributed by atoms with E-state index < -0.39 is 0 Å². The topological polar surface area (TPSA) is 27.1 Å². The van der Waals surface area contributed by atoms with Crippen molar-refractivity contribution < 1.29 is 0 Å². The van der Waals surface area contributed by atoms with Gasteiger partial charge in [-0.2, -0.15) is 0 Å². The van der Waals surface area contributed by atoms with E-state index in [0.29, 0.717) is 10.4 Å². The number of hydrogen-bond acceptors (Lipinski definition) is 2. The minimum Gasteiger partial charge on any atom is -0.354 e. The van der Waals surface area contributed by atoms with Crippen LogP contribution in [-0.2, 0) is 0 Å². The molecule has 0 saturated carbocycles. The Morgan fingerprint density at radius 1 is 1.78 bits per heavy atom. The fraction of sp³-hybridized carbons (Fsp3) is 0.800. The van der Waals surface area contributed by atoms with Crippen molar-refractivity contribution in [2.45, 2.75) is 12.2 Å². The molecule has 1 aliphatic heterocycles. The molecule has 1 atom stereocenters. The van der Waals surface area contributed by atoms with E-state index in [1.54, 1.807) is 11.8 Å². The highest BCUT2D eigenvalue weighted by Crippen LogP contribution is 2.21. The number of amidine groups is 1. The maximum Gasteiger partial charge on any atom is 0.156 e. The van der Waals surface area contributed by atoms with Crippen LogP contribution in [0.4, 0.5) is 0 Å². The normalized spacial score (nSPS) is 26.2. The van der Waals surface area contributed by atoms with Gasteiger partial charge in [0.2, 0.25) is 0 Å². The Balaban J connectivity index is 0.000000640. The quantitative estimate of drug-likeness (QED) is 0.668. The fourth-order valence-corrected chi connectivity index (χ4v) is 1.72. The van der Waals surface area contributed by atoms with Crippen molar-refractivity contribution >= 4 is 40.9 Å². The molecule has 0 aromatic rings. The summed E-state index contributed by atoms with van der Waals surface area (Å²) in [5, 5.41) is 8.60. The van der Waals surface area contributed by atoms with Crippen LogP contribution >= 0.6 is 35.7 Å². The molecule has 0 aliphatic carbocycles. The van der Waals surface area contributed by atoms with Crippen molar-refractivity contribution in [2.24, 2.45) is 0 Å². The van der Waals surface area contributed by atoms with Crippen molar-refractivity contribution in [2.75, 3.05) is 13.6 Å². The first-order chi connectivity index (χ1) is 3.70. The third-order valence-electron chi connectivity index (χ3n) is 1.19. The Morgan fingerprint density at radius 2 is 2.33 bits per heavy atom. The van der Waals surface area contributed by atoms with Gasteiger partial charge >= 0.3 is 0 Å². The highest BCUT2D eigenvalue weighted by molar-refractivity contribution is 14.0. The second-order valence-electron chi connectivity index (χ2n) is 2.11. The van der Waals surface area contributed by atoms with Crippen LogP contribution in [0.1, 0.15) is 6.92 Å². The van der Waals surface area contributed by atoms with Gasteiger partial charge in [0.15, 0.2) is 5.17 Å². The van der Waals surface area contributed by atoms with E-state index in [9.17, 15) is 0 Å². The molecule has 1 heterocycles. The monoisotopic (exact) mass is 258 g/mol. The molecule has 1 aliphatic rings. The summed E-state index contributed by atoms with van der Waals surface area (Å²) in [4.78, 5) is 1.97. The molecule has 1 saturated heterocycles. The van der Waals surface area contributed by atoms with Gasteiger partial charge in [-0.1, -0.05) is 18.7 Å². The van der Waals surface area contributed by atoms with Crippen molar-refractivity contribution in [1.82, 2.24) is 4.90 Å². The molecule has 0 aromatic carbocycles. The second-order valence-corrected chi connectivity index (χ2v) is 3.54. The lowest BCUT2D eigenvalue weighted by Gasteiger charge is -2.05. The molecule has 2 nitrogen and oxygen atoms in total. The van der Waals surface area contributed by atoms with Crippen molar-refractivity contribution in [3.8, 4) is 0 Å². The third kappa shape index (κ3) is 2.33. The average molecular weight is 258 g/mol. The summed E-state index contributed by atoms with van der Waals surface area (Å²) >= 11 is 1.64. The van der Waals surface area contributed by atoms with Crippen molar-refractivity contribution in [1.29, 1.82) is 5.41 Å². The summed E-state index contributed by atoms with van der Waals surface area (Å²) in [5.41, 5.74) is 0. The molecule has 0 aromatic heterocycles. The maximum absolute atomic E-state index is 7.27. The first-order valence-electron chi connectivity index (χ1n) is 2.66. The standard InChI is InChI=1S/C5H10N2S.HI/c1-4-3-7(2)5(6)8-4;/h4,6H,3H2,1-2H3;1H. The lowest BCUT2D eigenvalue weighted by atomic mass is 10.4. The van der Waals surface area contributed by atoms with Crippen LogP contribution in [0.25, 0.3) is 0 Å². The summed E-state index contributed by atoms with van der Waals surface area (Å²) < 4.78 is 0. The van der Waals surface area contributed by atoms with Gasteiger partial charge in [-0.05, 0) is 0 Å². The fourth-order valence-electron chi connectivity index (χ4n) is 0.786. The molecule has 0 bridgehead atoms. The van der Waals surface area contributed by atoms with Gasteiger partial charge in [-0.3, -0.25) is 5.41 Å². The Morgan fingerprint density at radius 3 is 2.44 bits per heavy atom. The Hall–Kier alpha value is 0.550. The number of rotatable bonds is 0. The van der Waals surface area contributed by atoms with Gasteiger partial charge in [0.1, 0.15) is 0 Å². The van der Waals surface area contributed by atoms with Gasteiger partial charge in [-0.25, -0.2) is 0 Å². The van der Waals surface area contributed by atoms with E-state index in [1.807, 2.05) is 11.9 Å². The predicted octanol–water partition coefficient (Wildman–Crippen LogP) is 1.61. The summed E-state index contributed by atoms with van der Waals surface area (Å²) in [6, 6.07) is 0. The number of nitrogens with zero attached hydrogens (tertiary/aromatic N) is 1. The maximum atomic E-state index is 7.27. The third-order valence-corrected chi connectivity index (χ3v) is 2.28. The predicted molar refractivity (Wildman–Crippen MR) is 52.8 cm³/mol. The minimum absolute atomic E-state index is 0. The first-order valence-corrected chi connectivity index (χ1v) is 3.54. The van der Waals surface area contributed by atoms with Crippen LogP contribution in [-0.4, -0.2) is 28.9 Å². The molecule has 54 valence electrons. The molecule has 0 amide bonds. The molecule has 4 heteroatoms. The van der Waals surface area contributed by atoms with Crippen molar-refractivity contribution in [3.63, 3.8) is 0 Å². The van der Waals surface area contributed by atoms with E-state index in [2.05, 4.69) is 6.92 Å². The van der Waals surface area contributed by atoms with E-state index >= 15 is 0 Å². The Kier molecular flexibility index (Phi) is 3.88. The average Bonchev–Trinajstić information content (AvgIpc) is 1.85. The number of hydrogen-bond donors (Lipinski definition) is 1. The van der Waals surface area contributed by atoms with Gasteiger partial charge in [-0.15, -0.1) is 24.0 Å². The van der Waals surface area contributed by atoms with Crippen molar-refractivity contribution in [3.05, 3.63) is 0 Å². The Labute approximate surface area is 76.9 Å². The molecule has 1 fully saturated rings. The Bertz CT molecular complexity index is 118. The first kappa shape index (κ1) is 9.55. The molecule has 1 rings (SSSR count). The molecular weight excluding hydrogens is 247 g/mol. The number of thioether (sulfide) groups is 1. The zero-order valence-corrected chi connectivity index (χ0v) is 8.70. The largest absolute Gasteiger partial charge is 0.354 e. The van der Waals surface area contributed by atoms with E-state index in [1.165, 1.54) is 0 Å². The van der Waals surface area contributed by atoms with Crippen LogP contribution < -0.4 is 0 Å². The number of halogens is 1.